The number of carbonyl (C=O) groups excluding carboxylic acids is 2. The first-order chi connectivity index (χ1) is 24.5. The van der Waals surface area contributed by atoms with E-state index in [0.717, 1.165) is 27.8 Å². The van der Waals surface area contributed by atoms with Crippen LogP contribution >= 0.6 is 0 Å². The lowest BCUT2D eigenvalue weighted by Crippen LogP contribution is -2.74. The lowest BCUT2D eigenvalue weighted by molar-refractivity contribution is -0.186. The van der Waals surface area contributed by atoms with Crippen LogP contribution in [0.25, 0.3) is 0 Å². The van der Waals surface area contributed by atoms with Crippen LogP contribution in [-0.2, 0) is 24.6 Å². The lowest BCUT2D eigenvalue weighted by Gasteiger charge is -2.53. The number of β-lactam (4-membered cyclic amide) rings is 1. The number of amides is 1. The van der Waals surface area contributed by atoms with Crippen molar-refractivity contribution in [2.24, 2.45) is 0 Å². The largest absolute Gasteiger partial charge is 0.448 e. The van der Waals surface area contributed by atoms with Crippen LogP contribution < -0.4 is 5.32 Å². The van der Waals surface area contributed by atoms with Crippen molar-refractivity contribution in [2.45, 2.75) is 23.9 Å². The third-order valence-corrected chi connectivity index (χ3v) is 9.19. The van der Waals surface area contributed by atoms with Crippen molar-refractivity contribution in [2.75, 3.05) is 20.7 Å². The number of esters is 1. The highest BCUT2D eigenvalue weighted by atomic mass is 16.6. The molecule has 0 bridgehead atoms. The molecule has 250 valence electrons. The number of hydrogen-bond donors (Lipinski definition) is 1. The van der Waals surface area contributed by atoms with Gasteiger partial charge >= 0.3 is 5.97 Å². The minimum absolute atomic E-state index is 0.123. The van der Waals surface area contributed by atoms with Gasteiger partial charge in [-0.05, 0) is 40.1 Å². The number of hydrogen-bond acceptors (Lipinski definition) is 6. The number of carbonyl (C=O) groups is 2. The fourth-order valence-electron chi connectivity index (χ4n) is 6.79. The van der Waals surface area contributed by atoms with Gasteiger partial charge in [-0.3, -0.25) is 15.0 Å². The molecule has 1 amide bonds. The summed E-state index contributed by atoms with van der Waals surface area (Å²) >= 11 is 0. The van der Waals surface area contributed by atoms with E-state index in [1.54, 1.807) is 0 Å². The van der Waals surface area contributed by atoms with Crippen molar-refractivity contribution >= 4 is 11.9 Å². The summed E-state index contributed by atoms with van der Waals surface area (Å²) in [4.78, 5) is 32.2. The van der Waals surface area contributed by atoms with Crippen LogP contribution in [0.15, 0.2) is 175 Å². The molecule has 2 unspecified atom stereocenters. The Bertz CT molecular complexity index is 1850. The summed E-state index contributed by atoms with van der Waals surface area (Å²) in [5.74, 6) is -0.873. The first-order valence-electron chi connectivity index (χ1n) is 16.7. The number of ether oxygens (including phenoxy) is 2. The van der Waals surface area contributed by atoms with E-state index in [4.69, 9.17) is 9.47 Å². The third-order valence-electron chi connectivity index (χ3n) is 9.19. The second kappa shape index (κ2) is 14.4. The Morgan fingerprint density at radius 2 is 1.20 bits per heavy atom. The number of nitrogens with one attached hydrogen (secondary N) is 1. The number of benzene rings is 5. The van der Waals surface area contributed by atoms with Gasteiger partial charge in [-0.15, -0.1) is 0 Å². The van der Waals surface area contributed by atoms with E-state index in [1.807, 2.05) is 147 Å². The van der Waals surface area contributed by atoms with Gasteiger partial charge in [0.2, 0.25) is 0 Å². The van der Waals surface area contributed by atoms with Crippen molar-refractivity contribution in [3.63, 3.8) is 0 Å². The zero-order chi connectivity index (χ0) is 34.5. The topological polar surface area (TPSA) is 71.1 Å². The van der Waals surface area contributed by atoms with Crippen LogP contribution in [0, 0.1) is 0 Å². The predicted molar refractivity (Wildman–Crippen MR) is 193 cm³/mol. The first-order valence-corrected chi connectivity index (χ1v) is 16.7. The van der Waals surface area contributed by atoms with Crippen molar-refractivity contribution in [3.8, 4) is 0 Å². The van der Waals surface area contributed by atoms with E-state index in [0.29, 0.717) is 5.57 Å². The van der Waals surface area contributed by atoms with Gasteiger partial charge in [0.1, 0.15) is 11.7 Å². The highest BCUT2D eigenvalue weighted by molar-refractivity contribution is 6.01. The molecule has 0 aliphatic carbocycles. The van der Waals surface area contributed by atoms with Crippen LogP contribution in [0.4, 0.5) is 0 Å². The van der Waals surface area contributed by atoms with Gasteiger partial charge in [-0.2, -0.15) is 0 Å². The molecule has 1 fully saturated rings. The second-order valence-corrected chi connectivity index (χ2v) is 12.6. The summed E-state index contributed by atoms with van der Waals surface area (Å²) in [6.07, 6.45) is 2.22. The van der Waals surface area contributed by atoms with Crippen molar-refractivity contribution in [1.82, 2.24) is 15.1 Å². The third kappa shape index (κ3) is 6.25. The minimum Gasteiger partial charge on any atom is -0.448 e. The molecule has 0 aromatic heterocycles. The van der Waals surface area contributed by atoms with Crippen LogP contribution in [0.1, 0.15) is 33.9 Å². The molecule has 0 spiro atoms. The van der Waals surface area contributed by atoms with Gasteiger partial charge in [0.05, 0.1) is 12.1 Å². The summed E-state index contributed by atoms with van der Waals surface area (Å²) in [6, 6.07) is 48.8. The highest BCUT2D eigenvalue weighted by Crippen LogP contribution is 2.42. The predicted octanol–water partition coefficient (Wildman–Crippen LogP) is 6.80. The molecule has 2 aliphatic heterocycles. The van der Waals surface area contributed by atoms with Gasteiger partial charge in [0, 0.05) is 19.7 Å². The molecule has 7 nitrogen and oxygen atoms in total. The van der Waals surface area contributed by atoms with E-state index in [2.05, 4.69) is 41.7 Å². The molecular weight excluding hydrogens is 622 g/mol. The standard InChI is InChI=1S/C43H39N3O4/c1-45(2)29-28-33-30-49-41-37(44-43(34-22-12-5-13-23-34,35-24-14-6-15-25-35)36-26-16-7-17-27-36)40(47)46(41)38(33)42(48)50-39(31-18-8-3-9-19-31)32-20-10-4-11-21-32/h3-29,37,39,41,44H,30H2,1-2H3/b29-28+. The molecule has 2 aliphatic rings. The maximum Gasteiger partial charge on any atom is 0.356 e. The van der Waals surface area contributed by atoms with E-state index in [9.17, 15) is 9.59 Å². The van der Waals surface area contributed by atoms with Gasteiger partial charge in [-0.25, -0.2) is 4.79 Å². The van der Waals surface area contributed by atoms with E-state index in [-0.39, 0.29) is 18.2 Å². The van der Waals surface area contributed by atoms with Gasteiger partial charge < -0.3 is 14.4 Å². The van der Waals surface area contributed by atoms with Crippen LogP contribution in [-0.4, -0.2) is 54.6 Å². The average molecular weight is 662 g/mol. The van der Waals surface area contributed by atoms with E-state index >= 15 is 0 Å². The summed E-state index contributed by atoms with van der Waals surface area (Å²) in [6.45, 7) is 0.123. The SMILES string of the molecule is CN(C)/C=C/C1=C(C(=O)OC(c2ccccc2)c2ccccc2)N2C(=O)C(NC(c3ccccc3)(c3ccccc3)c3ccccc3)C2OC1. The second-order valence-electron chi connectivity index (χ2n) is 12.6. The summed E-state index contributed by atoms with van der Waals surface area (Å²) in [5.41, 5.74) is 4.41. The Hall–Kier alpha value is -5.76. The molecule has 2 atom stereocenters. The van der Waals surface area contributed by atoms with Gasteiger partial charge in [-0.1, -0.05) is 152 Å². The number of nitrogens with zero attached hydrogens (tertiary/aromatic N) is 2. The van der Waals surface area contributed by atoms with E-state index in [1.165, 1.54) is 4.90 Å². The van der Waals surface area contributed by atoms with E-state index < -0.39 is 29.9 Å². The molecule has 50 heavy (non-hydrogen) atoms. The number of fused-ring (bicyclic) bond motifs is 1. The average Bonchev–Trinajstić information content (AvgIpc) is 3.17. The Kier molecular flexibility index (Phi) is 9.43. The molecule has 5 aromatic rings. The van der Waals surface area contributed by atoms with Crippen molar-refractivity contribution in [1.29, 1.82) is 0 Å². The van der Waals surface area contributed by atoms with Crippen LogP contribution in [0.5, 0.6) is 0 Å². The monoisotopic (exact) mass is 661 g/mol. The zero-order valence-electron chi connectivity index (χ0n) is 28.1. The lowest BCUT2D eigenvalue weighted by atomic mass is 9.75. The fourth-order valence-corrected chi connectivity index (χ4v) is 6.79. The summed E-state index contributed by atoms with van der Waals surface area (Å²) in [5, 5.41) is 3.76. The molecule has 1 N–H and O–H groups in total. The summed E-state index contributed by atoms with van der Waals surface area (Å²) in [7, 11) is 3.79. The Balaban J connectivity index is 1.28. The Labute approximate surface area is 293 Å². The molecule has 7 heteroatoms. The molecule has 0 saturated carbocycles. The van der Waals surface area contributed by atoms with Gasteiger partial charge in [0.25, 0.3) is 5.91 Å². The molecular formula is C43H39N3O4. The quantitative estimate of drug-likeness (QED) is 0.0955. The minimum atomic E-state index is -0.902. The molecule has 7 rings (SSSR count). The smallest absolute Gasteiger partial charge is 0.356 e. The van der Waals surface area contributed by atoms with Gasteiger partial charge in [0.15, 0.2) is 12.3 Å². The van der Waals surface area contributed by atoms with Crippen molar-refractivity contribution < 1.29 is 19.1 Å². The molecule has 2 heterocycles. The molecule has 0 radical (unpaired) electrons. The highest BCUT2D eigenvalue weighted by Gasteiger charge is 2.57. The molecule has 5 aromatic carbocycles. The van der Waals surface area contributed by atoms with Crippen LogP contribution in [0.2, 0.25) is 0 Å². The zero-order valence-corrected chi connectivity index (χ0v) is 28.1. The Morgan fingerprint density at radius 1 is 0.760 bits per heavy atom. The maximum atomic E-state index is 14.5. The summed E-state index contributed by atoms with van der Waals surface area (Å²) < 4.78 is 12.8. The molecule has 1 saturated heterocycles. The first kappa shape index (κ1) is 32.8. The normalized spacial score (nSPS) is 17.4. The Morgan fingerprint density at radius 3 is 1.64 bits per heavy atom. The van der Waals surface area contributed by atoms with Crippen LogP contribution in [0.3, 0.4) is 0 Å². The maximum absolute atomic E-state index is 14.5. The fraction of sp³-hybridized carbons (Fsp3) is 0.163. The number of rotatable bonds is 11. The van der Waals surface area contributed by atoms with Crippen molar-refractivity contribution in [3.05, 3.63) is 203 Å².